The average Bonchev–Trinajstić information content (AvgIpc) is 3.34. The predicted molar refractivity (Wildman–Crippen MR) is 270 cm³/mol. The van der Waals surface area contributed by atoms with E-state index in [1.165, 1.54) is 30.5 Å². The molecular formula is C42H58N18O15S. The molecule has 6 amide bonds. The summed E-state index contributed by atoms with van der Waals surface area (Å²) >= 11 is 3.83. The van der Waals surface area contributed by atoms with Crippen LogP contribution in [-0.4, -0.2) is 167 Å². The number of guanidine groups is 2. The zero-order valence-corrected chi connectivity index (χ0v) is 41.1. The summed E-state index contributed by atoms with van der Waals surface area (Å²) in [6.45, 7) is -0.104. The van der Waals surface area contributed by atoms with E-state index >= 15 is 0 Å². The van der Waals surface area contributed by atoms with Gasteiger partial charge in [-0.25, -0.2) is 19.6 Å². The van der Waals surface area contributed by atoms with Crippen molar-refractivity contribution in [3.8, 4) is 0 Å². The Kier molecular flexibility index (Phi) is 24.0. The molecule has 34 heteroatoms. The summed E-state index contributed by atoms with van der Waals surface area (Å²) in [5, 5.41) is 54.8. The molecule has 0 saturated carbocycles. The number of aliphatic imine (C=N–C) groups is 2. The van der Waals surface area contributed by atoms with E-state index in [9.17, 15) is 73.2 Å². The number of aliphatic carboxylic acids is 4. The monoisotopic (exact) mass is 1090 g/mol. The second-order valence-electron chi connectivity index (χ2n) is 16.3. The lowest BCUT2D eigenvalue weighted by Gasteiger charge is -2.26. The molecular weight excluding hydrogens is 1030 g/mol. The zero-order chi connectivity index (χ0) is 56.6. The number of anilines is 2. The number of aromatic nitrogens is 4. The molecule has 0 aliphatic heterocycles. The number of thiol groups is 1. The number of carboxylic acid groups (broad SMARTS) is 4. The van der Waals surface area contributed by atoms with E-state index in [0.717, 1.165) is 0 Å². The second-order valence-corrected chi connectivity index (χ2v) is 16.7. The summed E-state index contributed by atoms with van der Waals surface area (Å²) in [5.41, 5.74) is 27.4. The number of nitrogens with one attached hydrogen (secondary N) is 8. The SMILES string of the molecule is NC(N)=NCCC[C@@H](NC(=O)CC[C@@H](NC(=O)c1ccc(NCc2cnc3nc(N)[nH]c(=O)c3n2)cc1)C(=O)O)C(=O)N[C@H](CC(=O)O)C(=O)N[C@H](CCCN=C(N)N)C(=O)N[C@H](CC(=O)O)C(=O)N[C@H](CS)C(=O)O. The van der Waals surface area contributed by atoms with Crippen LogP contribution in [0.2, 0.25) is 0 Å². The van der Waals surface area contributed by atoms with Gasteiger partial charge in [0.05, 0.1) is 31.3 Å². The van der Waals surface area contributed by atoms with E-state index in [2.05, 4.69) is 74.5 Å². The topological polar surface area (TPSA) is 562 Å². The van der Waals surface area contributed by atoms with E-state index in [4.69, 9.17) is 28.7 Å². The van der Waals surface area contributed by atoms with Crippen molar-refractivity contribution in [2.45, 2.75) is 94.2 Å². The Labute approximate surface area is 434 Å². The highest BCUT2D eigenvalue weighted by molar-refractivity contribution is 7.80. The van der Waals surface area contributed by atoms with Crippen molar-refractivity contribution in [3.63, 3.8) is 0 Å². The van der Waals surface area contributed by atoms with Crippen LogP contribution in [0.3, 0.4) is 0 Å². The molecule has 22 N–H and O–H groups in total. The van der Waals surface area contributed by atoms with Crippen LogP contribution in [0.4, 0.5) is 11.6 Å². The largest absolute Gasteiger partial charge is 0.481 e. The van der Waals surface area contributed by atoms with Crippen LogP contribution in [0.15, 0.2) is 45.2 Å². The van der Waals surface area contributed by atoms with Crippen molar-refractivity contribution in [3.05, 3.63) is 52.1 Å². The molecule has 0 unspecified atom stereocenters. The number of hydrogen-bond donors (Lipinski definition) is 18. The number of hydrogen-bond acceptors (Lipinski definition) is 19. The summed E-state index contributed by atoms with van der Waals surface area (Å²) in [6, 6.07) is -4.63. The fourth-order valence-electron chi connectivity index (χ4n) is 6.62. The molecule has 0 spiro atoms. The molecule has 0 fully saturated rings. The van der Waals surface area contributed by atoms with Crippen LogP contribution in [0.25, 0.3) is 11.2 Å². The number of nitrogens with zero attached hydrogens (tertiary/aromatic N) is 5. The third kappa shape index (κ3) is 21.0. The number of H-pyrrole nitrogens is 1. The van der Waals surface area contributed by atoms with Gasteiger partial charge in [-0.3, -0.25) is 58.1 Å². The maximum atomic E-state index is 13.8. The first-order valence-electron chi connectivity index (χ1n) is 22.6. The highest BCUT2D eigenvalue weighted by Gasteiger charge is 2.34. The fourth-order valence-corrected chi connectivity index (χ4v) is 6.86. The normalized spacial score (nSPS) is 13.1. The standard InChI is InChI=1S/C42H58N18O15S/c43-40(44)48-11-1-3-21(53-27(61)10-9-23(38(72)73)55-32(66)18-5-7-19(8-6-18)50-15-20-16-51-31-30(52-20)37(71)60-42(47)59-31)33(67)56-24(13-28(62)63)35(69)54-22(4-2-12-49-41(45)46)34(68)57-25(14-29(64)65)36(70)58-26(17-76)39(74)75/h5-8,16,21-26,50,76H,1-4,9-15,17H2,(H,53,61)(H,54,69)(H,55,66)(H,56,67)(H,57,68)(H,58,70)(H,62,63)(H,64,65)(H,72,73)(H,74,75)(H4,43,44,48)(H4,45,46,49)(H3,47,51,59,60,71)/t21-,22-,23-,24-,25-,26-/m1/s1. The number of amides is 6. The smallest absolute Gasteiger partial charge is 0.327 e. The minimum absolute atomic E-state index is 0.00478. The average molecular weight is 1090 g/mol. The fraction of sp³-hybridized carbons (Fsp3) is 0.429. The Hall–Kier alpha value is -9.37. The Bertz CT molecular complexity index is 2730. The Morgan fingerprint density at radius 2 is 1.12 bits per heavy atom. The van der Waals surface area contributed by atoms with Crippen molar-refractivity contribution in [1.29, 1.82) is 0 Å². The van der Waals surface area contributed by atoms with Gasteiger partial charge in [0.15, 0.2) is 23.1 Å². The van der Waals surface area contributed by atoms with Crippen LogP contribution in [0, 0.1) is 0 Å². The molecule has 33 nitrogen and oxygen atoms in total. The quantitative estimate of drug-likeness (QED) is 0.0120. The highest BCUT2D eigenvalue weighted by atomic mass is 32.1. The zero-order valence-electron chi connectivity index (χ0n) is 40.2. The first-order valence-corrected chi connectivity index (χ1v) is 23.3. The molecule has 3 rings (SSSR count). The number of fused-ring (bicyclic) bond motifs is 1. The predicted octanol–water partition coefficient (Wildman–Crippen LogP) is -5.63. The van der Waals surface area contributed by atoms with E-state index in [1.54, 1.807) is 0 Å². The van der Waals surface area contributed by atoms with Gasteiger partial charge in [0.1, 0.15) is 36.3 Å². The van der Waals surface area contributed by atoms with E-state index in [1.807, 2.05) is 5.32 Å². The molecule has 0 aliphatic rings. The van der Waals surface area contributed by atoms with Gasteiger partial charge in [0.25, 0.3) is 11.5 Å². The minimum atomic E-state index is -1.99. The molecule has 3 aromatic rings. The molecule has 0 bridgehead atoms. The summed E-state index contributed by atoms with van der Waals surface area (Å²) in [6.07, 6.45) is -2.55. The van der Waals surface area contributed by atoms with E-state index in [-0.39, 0.29) is 79.9 Å². The number of aromatic amines is 1. The maximum absolute atomic E-state index is 13.8. The van der Waals surface area contributed by atoms with E-state index < -0.39 is 133 Å². The van der Waals surface area contributed by atoms with Crippen LogP contribution >= 0.6 is 12.6 Å². The first-order chi connectivity index (χ1) is 35.9. The number of carbonyl (C=O) groups excluding carboxylic acids is 6. The first kappa shape index (κ1) is 60.9. The number of nitrogens with two attached hydrogens (primary N) is 5. The van der Waals surface area contributed by atoms with E-state index in [0.29, 0.717) is 11.4 Å². The van der Waals surface area contributed by atoms with Crippen molar-refractivity contribution in [2.75, 3.05) is 29.9 Å². The summed E-state index contributed by atoms with van der Waals surface area (Å²) in [5.74, 6) is -14.2. The molecule has 1 aromatic carbocycles. The molecule has 76 heavy (non-hydrogen) atoms. The molecule has 0 aliphatic carbocycles. The number of carbonyl (C=O) groups is 10. The van der Waals surface area contributed by atoms with Crippen LogP contribution in [0.5, 0.6) is 0 Å². The second kappa shape index (κ2) is 30.0. The lowest BCUT2D eigenvalue weighted by atomic mass is 10.1. The molecule has 6 atom stereocenters. The number of benzene rings is 1. The Morgan fingerprint density at radius 3 is 1.61 bits per heavy atom. The highest BCUT2D eigenvalue weighted by Crippen LogP contribution is 2.13. The minimum Gasteiger partial charge on any atom is -0.481 e. The van der Waals surface area contributed by atoms with Gasteiger partial charge in [-0.15, -0.1) is 0 Å². The number of rotatable bonds is 32. The van der Waals surface area contributed by atoms with Crippen LogP contribution in [0.1, 0.15) is 67.4 Å². The Morgan fingerprint density at radius 1 is 0.632 bits per heavy atom. The lowest BCUT2D eigenvalue weighted by molar-refractivity contribution is -0.143. The van der Waals surface area contributed by atoms with Crippen molar-refractivity contribution in [1.82, 2.24) is 51.8 Å². The van der Waals surface area contributed by atoms with Gasteiger partial charge in [-0.05, 0) is 56.4 Å². The third-order valence-electron chi connectivity index (χ3n) is 10.4. The van der Waals surface area contributed by atoms with Gasteiger partial charge in [-0.2, -0.15) is 17.6 Å². The van der Waals surface area contributed by atoms with Crippen LogP contribution in [-0.2, 0) is 49.7 Å². The third-order valence-corrected chi connectivity index (χ3v) is 10.7. The molecule has 0 saturated heterocycles. The van der Waals surface area contributed by atoms with Gasteiger partial charge >= 0.3 is 23.9 Å². The van der Waals surface area contributed by atoms with Gasteiger partial charge in [0.2, 0.25) is 35.5 Å². The van der Waals surface area contributed by atoms with Crippen molar-refractivity contribution < 1.29 is 68.4 Å². The number of nitrogen functional groups attached to an aromatic ring is 1. The lowest BCUT2D eigenvalue weighted by Crippen LogP contribution is -2.59. The summed E-state index contributed by atoms with van der Waals surface area (Å²) in [7, 11) is 0. The molecule has 2 heterocycles. The molecule has 0 radical (unpaired) electrons. The molecule has 412 valence electrons. The molecule has 2 aromatic heterocycles. The maximum Gasteiger partial charge on any atom is 0.327 e. The van der Waals surface area contributed by atoms with Gasteiger partial charge in [-0.1, -0.05) is 0 Å². The van der Waals surface area contributed by atoms with Crippen molar-refractivity contribution in [2.24, 2.45) is 32.9 Å². The van der Waals surface area contributed by atoms with Gasteiger partial charge < -0.3 is 86.3 Å². The van der Waals surface area contributed by atoms with Crippen LogP contribution < -0.4 is 71.4 Å². The van der Waals surface area contributed by atoms with Crippen molar-refractivity contribution >= 4 is 107 Å². The Balaban J connectivity index is 1.74. The summed E-state index contributed by atoms with van der Waals surface area (Å²) in [4.78, 5) is 162. The van der Waals surface area contributed by atoms with Gasteiger partial charge in [0, 0.05) is 36.5 Å². The summed E-state index contributed by atoms with van der Waals surface area (Å²) < 4.78 is 0. The number of carboxylic acids is 4.